The number of nitrogens with one attached hydrogen (secondary N) is 1. The monoisotopic (exact) mass is 224 g/mol. The Kier molecular flexibility index (Phi) is 3.85. The lowest BCUT2D eigenvalue weighted by Crippen LogP contribution is -2.38. The first-order chi connectivity index (χ1) is 7.70. The summed E-state index contributed by atoms with van der Waals surface area (Å²) in [4.78, 5) is 10.6. The van der Waals surface area contributed by atoms with Crippen molar-refractivity contribution in [3.63, 3.8) is 0 Å². The van der Waals surface area contributed by atoms with Crippen LogP contribution in [0.4, 0.5) is 0 Å². The average molecular weight is 224 g/mol. The normalized spacial score (nSPS) is 25.0. The Balaban J connectivity index is 1.67. The maximum absolute atomic E-state index is 10.6. The molecule has 2 rings (SSSR count). The number of amides is 1. The lowest BCUT2D eigenvalue weighted by molar-refractivity contribution is -0.117. The molecule has 0 radical (unpaired) electrons. The molecule has 2 saturated carbocycles. The van der Waals surface area contributed by atoms with E-state index in [2.05, 4.69) is 5.32 Å². The van der Waals surface area contributed by atoms with E-state index in [0.29, 0.717) is 17.9 Å². The summed E-state index contributed by atoms with van der Waals surface area (Å²) in [5, 5.41) is 3.46. The number of nitrogens with two attached hydrogens (primary N) is 1. The second kappa shape index (κ2) is 5.17. The number of carbonyl (C=O) groups excluding carboxylic acids is 1. The third-order valence-corrected chi connectivity index (χ3v) is 4.51. The molecule has 3 nitrogen and oxygen atoms in total. The molecule has 2 aliphatic carbocycles. The van der Waals surface area contributed by atoms with Crippen molar-refractivity contribution in [3.8, 4) is 0 Å². The minimum atomic E-state index is -0.199. The first kappa shape index (κ1) is 11.9. The van der Waals surface area contributed by atoms with Gasteiger partial charge in [0.05, 0.1) is 0 Å². The third-order valence-electron chi connectivity index (χ3n) is 4.51. The summed E-state index contributed by atoms with van der Waals surface area (Å²) in [7, 11) is 0. The van der Waals surface area contributed by atoms with E-state index in [4.69, 9.17) is 5.73 Å². The molecule has 0 aromatic rings. The van der Waals surface area contributed by atoms with Gasteiger partial charge in [0, 0.05) is 19.0 Å². The van der Waals surface area contributed by atoms with E-state index in [1.165, 1.54) is 51.4 Å². The smallest absolute Gasteiger partial charge is 0.218 e. The van der Waals surface area contributed by atoms with Crippen LogP contribution in [0.1, 0.15) is 57.8 Å². The van der Waals surface area contributed by atoms with Gasteiger partial charge in [-0.05, 0) is 43.9 Å². The Morgan fingerprint density at radius 3 is 2.38 bits per heavy atom. The first-order valence-corrected chi connectivity index (χ1v) is 6.72. The summed E-state index contributed by atoms with van der Waals surface area (Å²) in [6, 6.07) is 0.630. The zero-order valence-electron chi connectivity index (χ0n) is 10.1. The maximum atomic E-state index is 10.6. The minimum Gasteiger partial charge on any atom is -0.370 e. The van der Waals surface area contributed by atoms with Crippen molar-refractivity contribution < 1.29 is 4.79 Å². The molecule has 2 aliphatic rings. The molecule has 0 unspecified atom stereocenters. The summed E-state index contributed by atoms with van der Waals surface area (Å²) in [6.45, 7) is 0.757. The Morgan fingerprint density at radius 1 is 1.19 bits per heavy atom. The molecule has 0 aromatic heterocycles. The van der Waals surface area contributed by atoms with Gasteiger partial charge in [0.1, 0.15) is 0 Å². The quantitative estimate of drug-likeness (QED) is 0.767. The highest BCUT2D eigenvalue weighted by molar-refractivity contribution is 5.73. The SMILES string of the molecule is NC(=O)CCNC1CCC2(CCCC2)CC1. The molecule has 0 bridgehead atoms. The highest BCUT2D eigenvalue weighted by Crippen LogP contribution is 2.48. The molecule has 0 heterocycles. The van der Waals surface area contributed by atoms with Gasteiger partial charge in [-0.15, -0.1) is 0 Å². The van der Waals surface area contributed by atoms with E-state index in [-0.39, 0.29) is 5.91 Å². The number of hydrogen-bond donors (Lipinski definition) is 2. The summed E-state index contributed by atoms with van der Waals surface area (Å²) < 4.78 is 0. The Morgan fingerprint density at radius 2 is 1.81 bits per heavy atom. The first-order valence-electron chi connectivity index (χ1n) is 6.72. The predicted molar refractivity (Wildman–Crippen MR) is 65.0 cm³/mol. The molecular weight excluding hydrogens is 200 g/mol. The van der Waals surface area contributed by atoms with E-state index >= 15 is 0 Å². The summed E-state index contributed by atoms with van der Waals surface area (Å²) >= 11 is 0. The van der Waals surface area contributed by atoms with Gasteiger partial charge in [0.15, 0.2) is 0 Å². The van der Waals surface area contributed by atoms with Crippen molar-refractivity contribution >= 4 is 5.91 Å². The van der Waals surface area contributed by atoms with Crippen molar-refractivity contribution in [1.82, 2.24) is 5.32 Å². The van der Waals surface area contributed by atoms with E-state index < -0.39 is 0 Å². The molecule has 92 valence electrons. The highest BCUT2D eigenvalue weighted by Gasteiger charge is 2.37. The van der Waals surface area contributed by atoms with Gasteiger partial charge in [0.2, 0.25) is 5.91 Å². The molecule has 0 aromatic carbocycles. The molecule has 1 amide bonds. The van der Waals surface area contributed by atoms with Crippen LogP contribution in [0, 0.1) is 5.41 Å². The molecule has 0 saturated heterocycles. The van der Waals surface area contributed by atoms with Crippen LogP contribution in [-0.4, -0.2) is 18.5 Å². The number of primary amides is 1. The van der Waals surface area contributed by atoms with Crippen LogP contribution >= 0.6 is 0 Å². The van der Waals surface area contributed by atoms with Crippen molar-refractivity contribution in [2.24, 2.45) is 11.1 Å². The molecule has 2 fully saturated rings. The number of rotatable bonds is 4. The number of hydrogen-bond acceptors (Lipinski definition) is 2. The molecule has 16 heavy (non-hydrogen) atoms. The van der Waals surface area contributed by atoms with Crippen LogP contribution in [0.25, 0.3) is 0 Å². The summed E-state index contributed by atoms with van der Waals surface area (Å²) in [6.07, 6.45) is 11.6. The van der Waals surface area contributed by atoms with Crippen LogP contribution in [-0.2, 0) is 4.79 Å². The molecule has 0 atom stereocenters. The van der Waals surface area contributed by atoms with Crippen LogP contribution in [0.15, 0.2) is 0 Å². The van der Waals surface area contributed by atoms with Crippen molar-refractivity contribution in [2.45, 2.75) is 63.8 Å². The van der Waals surface area contributed by atoms with Crippen molar-refractivity contribution in [3.05, 3.63) is 0 Å². The fourth-order valence-electron chi connectivity index (χ4n) is 3.46. The molecular formula is C13H24N2O. The van der Waals surface area contributed by atoms with Gasteiger partial charge in [0.25, 0.3) is 0 Å². The van der Waals surface area contributed by atoms with Gasteiger partial charge in [-0.1, -0.05) is 12.8 Å². The van der Waals surface area contributed by atoms with Gasteiger partial charge in [-0.2, -0.15) is 0 Å². The molecule has 3 N–H and O–H groups in total. The van der Waals surface area contributed by atoms with E-state index in [1.807, 2.05) is 0 Å². The Hall–Kier alpha value is -0.570. The van der Waals surface area contributed by atoms with Crippen LogP contribution in [0.5, 0.6) is 0 Å². The maximum Gasteiger partial charge on any atom is 0.218 e. The molecule has 3 heteroatoms. The van der Waals surface area contributed by atoms with E-state index in [0.717, 1.165) is 6.54 Å². The predicted octanol–water partition coefficient (Wildman–Crippen LogP) is 1.95. The third kappa shape index (κ3) is 2.97. The van der Waals surface area contributed by atoms with Gasteiger partial charge >= 0.3 is 0 Å². The fourth-order valence-corrected chi connectivity index (χ4v) is 3.46. The van der Waals surface area contributed by atoms with Crippen LogP contribution in [0.3, 0.4) is 0 Å². The van der Waals surface area contributed by atoms with Gasteiger partial charge < -0.3 is 11.1 Å². The highest BCUT2D eigenvalue weighted by atomic mass is 16.1. The molecule has 0 aliphatic heterocycles. The topological polar surface area (TPSA) is 55.1 Å². The summed E-state index contributed by atoms with van der Waals surface area (Å²) in [5.74, 6) is -0.199. The average Bonchev–Trinajstić information content (AvgIpc) is 2.70. The standard InChI is InChI=1S/C13H24N2O/c14-12(16)5-10-15-11-3-8-13(9-4-11)6-1-2-7-13/h11,15H,1-10H2,(H2,14,16). The second-order valence-corrected chi connectivity index (χ2v) is 5.65. The Bertz CT molecular complexity index is 236. The number of carbonyl (C=O) groups is 1. The lowest BCUT2D eigenvalue weighted by atomic mass is 9.71. The zero-order chi connectivity index (χ0) is 11.4. The van der Waals surface area contributed by atoms with Crippen molar-refractivity contribution in [1.29, 1.82) is 0 Å². The van der Waals surface area contributed by atoms with Crippen LogP contribution in [0.2, 0.25) is 0 Å². The van der Waals surface area contributed by atoms with E-state index in [1.54, 1.807) is 0 Å². The minimum absolute atomic E-state index is 0.199. The summed E-state index contributed by atoms with van der Waals surface area (Å²) in [5.41, 5.74) is 5.83. The lowest BCUT2D eigenvalue weighted by Gasteiger charge is -2.37. The zero-order valence-corrected chi connectivity index (χ0v) is 10.1. The molecule has 1 spiro atoms. The largest absolute Gasteiger partial charge is 0.370 e. The van der Waals surface area contributed by atoms with Crippen LogP contribution < -0.4 is 11.1 Å². The van der Waals surface area contributed by atoms with Gasteiger partial charge in [-0.25, -0.2) is 0 Å². The van der Waals surface area contributed by atoms with Crippen molar-refractivity contribution in [2.75, 3.05) is 6.54 Å². The Labute approximate surface area is 98.2 Å². The fraction of sp³-hybridized carbons (Fsp3) is 0.923. The van der Waals surface area contributed by atoms with Gasteiger partial charge in [-0.3, -0.25) is 4.79 Å². The second-order valence-electron chi connectivity index (χ2n) is 5.65. The van der Waals surface area contributed by atoms with E-state index in [9.17, 15) is 4.79 Å².